The highest BCUT2D eigenvalue weighted by Crippen LogP contribution is 2.39. The van der Waals surface area contributed by atoms with Gasteiger partial charge in [-0.2, -0.15) is 0 Å². The molecule has 0 amide bonds. The van der Waals surface area contributed by atoms with Crippen LogP contribution in [-0.4, -0.2) is 48.9 Å². The summed E-state index contributed by atoms with van der Waals surface area (Å²) in [7, 11) is 6.11. The first-order valence-electron chi connectivity index (χ1n) is 16.2. The van der Waals surface area contributed by atoms with Crippen LogP contribution >= 0.6 is 0 Å². The molecule has 0 spiro atoms. The maximum atomic E-state index is 10.3. The second-order valence-corrected chi connectivity index (χ2v) is 13.8. The van der Waals surface area contributed by atoms with Gasteiger partial charge in [0.25, 0.3) is 0 Å². The quantitative estimate of drug-likeness (QED) is 0.129. The van der Waals surface area contributed by atoms with Crippen molar-refractivity contribution in [2.45, 2.75) is 52.4 Å². The molecule has 0 unspecified atom stereocenters. The van der Waals surface area contributed by atoms with E-state index < -0.39 is 10.8 Å². The molecule has 0 bridgehead atoms. The van der Waals surface area contributed by atoms with Crippen LogP contribution in [0.25, 0.3) is 0 Å². The Morgan fingerprint density at radius 3 is 0.962 bits per heavy atom. The van der Waals surface area contributed by atoms with Crippen molar-refractivity contribution in [3.05, 3.63) is 93.0 Å². The molecule has 4 rings (SSSR count). The van der Waals surface area contributed by atoms with E-state index in [-0.39, 0.29) is 23.0 Å². The Morgan fingerprint density at radius 1 is 0.404 bits per heavy atom. The van der Waals surface area contributed by atoms with Gasteiger partial charge in [0, 0.05) is 46.5 Å². The van der Waals surface area contributed by atoms with Crippen LogP contribution in [0.4, 0.5) is 0 Å². The van der Waals surface area contributed by atoms with E-state index in [1.165, 1.54) is 40.6 Å². The highest BCUT2D eigenvalue weighted by atomic mass is 16.5. The Kier molecular flexibility index (Phi) is 11.5. The van der Waals surface area contributed by atoms with Gasteiger partial charge in [0.1, 0.15) is 23.0 Å². The zero-order chi connectivity index (χ0) is 38.4. The molecule has 52 heavy (non-hydrogen) atoms. The molecule has 8 nitrogen and oxygen atoms in total. The molecule has 4 aromatic rings. The molecule has 0 atom stereocenters. The lowest BCUT2D eigenvalue weighted by molar-refractivity contribution is 0.389. The molecule has 0 radical (unpaired) electrons. The van der Waals surface area contributed by atoms with Crippen molar-refractivity contribution >= 4 is 0 Å². The predicted octanol–water partition coefficient (Wildman–Crippen LogP) is 7.34. The molecule has 8 heteroatoms. The Balaban J connectivity index is 1.66. The van der Waals surface area contributed by atoms with E-state index in [4.69, 9.17) is 18.9 Å². The maximum absolute atomic E-state index is 10.3. The standard InChI is InChI=1S/C44H42O8/c1-43(2,3)33-19-27(21-35(45)41(33)47)15-17-31-25-37(49-7)29(23-39(31)51-9)13-11-12-14-30-24-40(52-10)32(26-38(30)50-8)18-16-28-20-34(44(4,5)6)42(48)36(46)22-28/h19-26,45-48H,1-10H3. The van der Waals surface area contributed by atoms with Gasteiger partial charge in [0.05, 0.1) is 50.7 Å². The summed E-state index contributed by atoms with van der Waals surface area (Å²) in [4.78, 5) is 0. The van der Waals surface area contributed by atoms with E-state index >= 15 is 0 Å². The van der Waals surface area contributed by atoms with Gasteiger partial charge in [-0.25, -0.2) is 0 Å². The van der Waals surface area contributed by atoms with Gasteiger partial charge in [0.15, 0.2) is 23.0 Å². The molecule has 0 saturated heterocycles. The molecule has 0 aliphatic rings. The molecule has 4 aromatic carbocycles. The molecule has 0 saturated carbocycles. The number of phenols is 4. The second kappa shape index (κ2) is 15.6. The Labute approximate surface area is 306 Å². The zero-order valence-corrected chi connectivity index (χ0v) is 31.0. The minimum Gasteiger partial charge on any atom is -0.504 e. The third-order valence-corrected chi connectivity index (χ3v) is 7.98. The molecule has 0 aliphatic heterocycles. The number of rotatable bonds is 4. The van der Waals surface area contributed by atoms with Gasteiger partial charge >= 0.3 is 0 Å². The summed E-state index contributed by atoms with van der Waals surface area (Å²) in [6.45, 7) is 11.6. The molecule has 266 valence electrons. The van der Waals surface area contributed by atoms with Crippen LogP contribution < -0.4 is 18.9 Å². The normalized spacial score (nSPS) is 10.6. The third-order valence-electron chi connectivity index (χ3n) is 7.98. The van der Waals surface area contributed by atoms with Gasteiger partial charge in [-0.15, -0.1) is 0 Å². The lowest BCUT2D eigenvalue weighted by Gasteiger charge is -2.21. The average molecular weight is 699 g/mol. The van der Waals surface area contributed by atoms with E-state index in [9.17, 15) is 20.4 Å². The SMILES string of the molecule is COc1cc(C#Cc2cc(O)c(O)c(C(C)(C)C)c2)c(OC)cc1C#CC#Cc1cc(OC)c(C#Cc2cc(O)c(O)c(C(C)(C)C)c2)cc1OC. The largest absolute Gasteiger partial charge is 0.504 e. The number of ether oxygens (including phenoxy) is 4. The van der Waals surface area contributed by atoms with Crippen molar-refractivity contribution in [1.82, 2.24) is 0 Å². The van der Waals surface area contributed by atoms with Crippen molar-refractivity contribution in [3.8, 4) is 93.4 Å². The topological polar surface area (TPSA) is 118 Å². The van der Waals surface area contributed by atoms with Gasteiger partial charge in [-0.05, 0) is 58.8 Å². The van der Waals surface area contributed by atoms with E-state index in [0.29, 0.717) is 67.5 Å². The fourth-order valence-corrected chi connectivity index (χ4v) is 5.19. The average Bonchev–Trinajstić information content (AvgIpc) is 3.09. The number of methoxy groups -OCH3 is 4. The van der Waals surface area contributed by atoms with E-state index in [1.54, 1.807) is 36.4 Å². The van der Waals surface area contributed by atoms with Crippen LogP contribution in [0.5, 0.6) is 46.0 Å². The van der Waals surface area contributed by atoms with Gasteiger partial charge in [-0.1, -0.05) is 65.2 Å². The lowest BCUT2D eigenvalue weighted by atomic mass is 9.85. The summed E-state index contributed by atoms with van der Waals surface area (Å²) in [5.41, 5.74) is 3.54. The second-order valence-electron chi connectivity index (χ2n) is 13.8. The highest BCUT2D eigenvalue weighted by Gasteiger charge is 2.22. The van der Waals surface area contributed by atoms with Crippen LogP contribution in [0.15, 0.2) is 48.5 Å². The fourth-order valence-electron chi connectivity index (χ4n) is 5.19. The first kappa shape index (κ1) is 38.3. The van der Waals surface area contributed by atoms with Gasteiger partial charge < -0.3 is 39.4 Å². The summed E-state index contributed by atoms with van der Waals surface area (Å²) >= 11 is 0. The van der Waals surface area contributed by atoms with E-state index in [1.807, 2.05) is 41.5 Å². The third kappa shape index (κ3) is 8.81. The molecule has 0 aliphatic carbocycles. The number of aromatic hydroxyl groups is 4. The maximum Gasteiger partial charge on any atom is 0.161 e. The summed E-state index contributed by atoms with van der Waals surface area (Å²) in [5, 5.41) is 41.3. The van der Waals surface area contributed by atoms with E-state index in [2.05, 4.69) is 47.4 Å². The Hall–Kier alpha value is -6.48. The van der Waals surface area contributed by atoms with Crippen molar-refractivity contribution in [1.29, 1.82) is 0 Å². The molecular weight excluding hydrogens is 656 g/mol. The predicted molar refractivity (Wildman–Crippen MR) is 202 cm³/mol. The first-order valence-corrected chi connectivity index (χ1v) is 16.2. The van der Waals surface area contributed by atoms with Crippen molar-refractivity contribution in [2.75, 3.05) is 28.4 Å². The minimum absolute atomic E-state index is 0.161. The van der Waals surface area contributed by atoms with Gasteiger partial charge in [0.2, 0.25) is 0 Å². The van der Waals surface area contributed by atoms with Crippen LogP contribution in [0.1, 0.15) is 86.1 Å². The lowest BCUT2D eigenvalue weighted by Crippen LogP contribution is -2.11. The van der Waals surface area contributed by atoms with Crippen LogP contribution in [0, 0.1) is 47.4 Å². The fraction of sp³-hybridized carbons (Fsp3) is 0.273. The summed E-state index contributed by atoms with van der Waals surface area (Å²) in [5.74, 6) is 25.0. The summed E-state index contributed by atoms with van der Waals surface area (Å²) in [6.07, 6.45) is 0. The molecule has 0 aromatic heterocycles. The minimum atomic E-state index is -0.405. The Bertz CT molecular complexity index is 2110. The molecule has 0 fully saturated rings. The Morgan fingerprint density at radius 2 is 0.692 bits per heavy atom. The van der Waals surface area contributed by atoms with Crippen molar-refractivity contribution < 1.29 is 39.4 Å². The van der Waals surface area contributed by atoms with Crippen molar-refractivity contribution in [3.63, 3.8) is 0 Å². The van der Waals surface area contributed by atoms with Gasteiger partial charge in [-0.3, -0.25) is 0 Å². The van der Waals surface area contributed by atoms with E-state index in [0.717, 1.165) is 0 Å². The van der Waals surface area contributed by atoms with Crippen molar-refractivity contribution in [2.24, 2.45) is 0 Å². The molecule has 0 heterocycles. The summed E-state index contributed by atoms with van der Waals surface area (Å²) < 4.78 is 22.4. The highest BCUT2D eigenvalue weighted by molar-refractivity contribution is 5.64. The number of hydrogen-bond donors (Lipinski definition) is 4. The van der Waals surface area contributed by atoms with Crippen LogP contribution in [0.3, 0.4) is 0 Å². The van der Waals surface area contributed by atoms with Crippen LogP contribution in [0.2, 0.25) is 0 Å². The monoisotopic (exact) mass is 698 g/mol. The number of benzene rings is 4. The number of hydrogen-bond acceptors (Lipinski definition) is 8. The van der Waals surface area contributed by atoms with Crippen LogP contribution in [-0.2, 0) is 10.8 Å². The number of phenolic OH excluding ortho intramolecular Hbond substituents is 4. The molecule has 4 N–H and O–H groups in total. The zero-order valence-electron chi connectivity index (χ0n) is 31.0. The first-order chi connectivity index (χ1) is 24.5. The molecular formula is C44H42O8. The smallest absolute Gasteiger partial charge is 0.161 e. The summed E-state index contributed by atoms with van der Waals surface area (Å²) in [6, 6.07) is 13.2.